The van der Waals surface area contributed by atoms with Crippen molar-refractivity contribution in [3.63, 3.8) is 0 Å². The predicted octanol–water partition coefficient (Wildman–Crippen LogP) is 6.00. The zero-order valence-electron chi connectivity index (χ0n) is 17.1. The summed E-state index contributed by atoms with van der Waals surface area (Å²) in [5.41, 5.74) is 6.19. The highest BCUT2D eigenvalue weighted by Crippen LogP contribution is 2.38. The summed E-state index contributed by atoms with van der Waals surface area (Å²) in [6, 6.07) is 29.7. The molecule has 0 amide bonds. The van der Waals surface area contributed by atoms with E-state index in [0.717, 1.165) is 24.3 Å². The maximum Gasteiger partial charge on any atom is 0.127 e. The molecule has 0 saturated carbocycles. The highest BCUT2D eigenvalue weighted by atomic mass is 16.5. The van der Waals surface area contributed by atoms with Gasteiger partial charge in [-0.3, -0.25) is 0 Å². The van der Waals surface area contributed by atoms with Crippen LogP contribution < -0.4 is 4.74 Å². The van der Waals surface area contributed by atoms with Crippen LogP contribution in [0.1, 0.15) is 30.0 Å². The minimum absolute atomic E-state index is 0.666. The zero-order valence-corrected chi connectivity index (χ0v) is 17.1. The molecule has 0 atom stereocenters. The summed E-state index contributed by atoms with van der Waals surface area (Å²) in [6.07, 6.45) is 0.945. The van der Waals surface area contributed by atoms with Gasteiger partial charge in [0, 0.05) is 12.1 Å². The Balaban J connectivity index is 2.15. The fraction of sp³-hybridized carbons (Fsp3) is 0.231. The van der Waals surface area contributed by atoms with Crippen LogP contribution >= 0.6 is 0 Å². The van der Waals surface area contributed by atoms with Crippen molar-refractivity contribution in [1.29, 1.82) is 0 Å². The molecule has 0 aliphatic rings. The largest absolute Gasteiger partial charge is 0.492 e. The normalized spacial score (nSPS) is 12.0. The minimum Gasteiger partial charge on any atom is -0.492 e. The number of benzene rings is 3. The van der Waals surface area contributed by atoms with Crippen LogP contribution in [0.4, 0.5) is 0 Å². The molecule has 144 valence electrons. The molecule has 0 radical (unpaired) electrons. The number of rotatable bonds is 8. The molecule has 0 spiro atoms. The van der Waals surface area contributed by atoms with E-state index >= 15 is 0 Å². The average molecular weight is 372 g/mol. The summed E-state index contributed by atoms with van der Waals surface area (Å²) in [7, 11) is 4.13. The Morgan fingerprint density at radius 1 is 0.750 bits per heavy atom. The van der Waals surface area contributed by atoms with Gasteiger partial charge >= 0.3 is 0 Å². The van der Waals surface area contributed by atoms with Crippen molar-refractivity contribution in [2.75, 3.05) is 27.2 Å². The van der Waals surface area contributed by atoms with E-state index in [1.165, 1.54) is 22.3 Å². The number of nitrogens with zero attached hydrogens (tertiary/aromatic N) is 1. The van der Waals surface area contributed by atoms with Crippen molar-refractivity contribution in [2.45, 2.75) is 13.3 Å². The Morgan fingerprint density at radius 2 is 1.32 bits per heavy atom. The zero-order chi connectivity index (χ0) is 19.8. The molecule has 2 nitrogen and oxygen atoms in total. The number of ether oxygens (including phenoxy) is 1. The predicted molar refractivity (Wildman–Crippen MR) is 120 cm³/mol. The third kappa shape index (κ3) is 4.90. The van der Waals surface area contributed by atoms with Gasteiger partial charge in [-0.1, -0.05) is 85.8 Å². The monoisotopic (exact) mass is 371 g/mol. The van der Waals surface area contributed by atoms with E-state index < -0.39 is 0 Å². The summed E-state index contributed by atoms with van der Waals surface area (Å²) in [5, 5.41) is 0. The van der Waals surface area contributed by atoms with Crippen LogP contribution in [0.25, 0.3) is 11.1 Å². The summed E-state index contributed by atoms with van der Waals surface area (Å²) < 4.78 is 6.21. The summed E-state index contributed by atoms with van der Waals surface area (Å²) in [4.78, 5) is 2.14. The van der Waals surface area contributed by atoms with Crippen molar-refractivity contribution >= 4 is 11.1 Å². The van der Waals surface area contributed by atoms with E-state index in [1.807, 2.05) is 6.07 Å². The van der Waals surface area contributed by atoms with Gasteiger partial charge in [0.15, 0.2) is 0 Å². The Bertz CT molecular complexity index is 898. The van der Waals surface area contributed by atoms with Gasteiger partial charge in [-0.15, -0.1) is 0 Å². The van der Waals surface area contributed by atoms with Gasteiger partial charge in [0.25, 0.3) is 0 Å². The van der Waals surface area contributed by atoms with Crippen molar-refractivity contribution in [1.82, 2.24) is 4.90 Å². The van der Waals surface area contributed by atoms with Crippen LogP contribution in [0.5, 0.6) is 5.75 Å². The molecule has 0 unspecified atom stereocenters. The maximum absolute atomic E-state index is 6.21. The van der Waals surface area contributed by atoms with Gasteiger partial charge in [0.1, 0.15) is 12.4 Å². The third-order valence-corrected chi connectivity index (χ3v) is 4.79. The van der Waals surface area contributed by atoms with Gasteiger partial charge in [-0.05, 0) is 48.9 Å². The van der Waals surface area contributed by atoms with Gasteiger partial charge in [0.05, 0.1) is 0 Å². The lowest BCUT2D eigenvalue weighted by Gasteiger charge is -2.20. The van der Waals surface area contributed by atoms with Crippen LogP contribution in [0.15, 0.2) is 84.9 Å². The van der Waals surface area contributed by atoms with E-state index in [0.29, 0.717) is 6.61 Å². The summed E-state index contributed by atoms with van der Waals surface area (Å²) in [6.45, 7) is 3.78. The first-order valence-corrected chi connectivity index (χ1v) is 9.91. The second kappa shape index (κ2) is 9.91. The van der Waals surface area contributed by atoms with Crippen molar-refractivity contribution in [3.8, 4) is 5.75 Å². The lowest BCUT2D eigenvalue weighted by molar-refractivity contribution is 0.261. The van der Waals surface area contributed by atoms with Crippen LogP contribution in [-0.2, 0) is 0 Å². The number of likely N-dealkylation sites (N-methyl/N-ethyl adjacent to an activating group) is 1. The molecule has 0 aromatic heterocycles. The molecule has 0 saturated heterocycles. The molecule has 0 bridgehead atoms. The molecule has 0 aliphatic heterocycles. The lowest BCUT2D eigenvalue weighted by Crippen LogP contribution is -2.19. The second-order valence-corrected chi connectivity index (χ2v) is 7.09. The molecule has 3 aromatic rings. The molecular formula is C26H29NO. The summed E-state index contributed by atoms with van der Waals surface area (Å²) >= 11 is 0. The van der Waals surface area contributed by atoms with Gasteiger partial charge < -0.3 is 9.64 Å². The molecule has 0 heterocycles. The number of hydrogen-bond acceptors (Lipinski definition) is 2. The minimum atomic E-state index is 0.666. The van der Waals surface area contributed by atoms with E-state index in [1.54, 1.807) is 0 Å². The van der Waals surface area contributed by atoms with E-state index in [2.05, 4.69) is 105 Å². The standard InChI is InChI=1S/C26H29NO/c1-4-23(21-13-7-5-8-14-21)26(22-15-9-6-10-16-22)24-17-11-12-18-25(24)28-20-19-27(2)3/h5-18H,4,19-20H2,1-3H3. The molecule has 28 heavy (non-hydrogen) atoms. The average Bonchev–Trinajstić information content (AvgIpc) is 2.73. The Kier molecular flexibility index (Phi) is 7.05. The van der Waals surface area contributed by atoms with Crippen LogP contribution in [0.2, 0.25) is 0 Å². The fourth-order valence-corrected chi connectivity index (χ4v) is 3.40. The first-order chi connectivity index (χ1) is 13.7. The molecule has 0 N–H and O–H groups in total. The molecular weight excluding hydrogens is 342 g/mol. The van der Waals surface area contributed by atoms with Gasteiger partial charge in [-0.25, -0.2) is 0 Å². The second-order valence-electron chi connectivity index (χ2n) is 7.09. The van der Waals surface area contributed by atoms with E-state index in [9.17, 15) is 0 Å². The first-order valence-electron chi connectivity index (χ1n) is 9.91. The van der Waals surface area contributed by atoms with Crippen LogP contribution in [0, 0.1) is 0 Å². The molecule has 0 aliphatic carbocycles. The van der Waals surface area contributed by atoms with Crippen LogP contribution in [-0.4, -0.2) is 32.1 Å². The SMILES string of the molecule is CCC(=C(c1ccccc1)c1ccccc1OCCN(C)C)c1ccccc1. The molecule has 0 fully saturated rings. The quantitative estimate of drug-likeness (QED) is 0.451. The number of allylic oxidation sites excluding steroid dienone is 1. The van der Waals surface area contributed by atoms with Gasteiger partial charge in [-0.2, -0.15) is 0 Å². The Labute approximate surface area is 169 Å². The number of hydrogen-bond donors (Lipinski definition) is 0. The van der Waals surface area contributed by atoms with Crippen molar-refractivity contribution in [3.05, 3.63) is 102 Å². The first kappa shape index (κ1) is 19.9. The number of para-hydroxylation sites is 1. The highest BCUT2D eigenvalue weighted by Gasteiger charge is 2.16. The van der Waals surface area contributed by atoms with Crippen LogP contribution in [0.3, 0.4) is 0 Å². The van der Waals surface area contributed by atoms with Gasteiger partial charge in [0.2, 0.25) is 0 Å². The van der Waals surface area contributed by atoms with E-state index in [-0.39, 0.29) is 0 Å². The molecule has 2 heteroatoms. The summed E-state index contributed by atoms with van der Waals surface area (Å²) in [5.74, 6) is 0.935. The maximum atomic E-state index is 6.21. The molecule has 3 aromatic carbocycles. The van der Waals surface area contributed by atoms with Crippen molar-refractivity contribution < 1.29 is 4.74 Å². The van der Waals surface area contributed by atoms with Crippen molar-refractivity contribution in [2.24, 2.45) is 0 Å². The topological polar surface area (TPSA) is 12.5 Å². The highest BCUT2D eigenvalue weighted by molar-refractivity contribution is 5.99. The smallest absolute Gasteiger partial charge is 0.127 e. The van der Waals surface area contributed by atoms with E-state index in [4.69, 9.17) is 4.74 Å². The Hall–Kier alpha value is -2.84. The lowest BCUT2D eigenvalue weighted by atomic mass is 9.88. The third-order valence-electron chi connectivity index (χ3n) is 4.79. The molecule has 3 rings (SSSR count). The fourth-order valence-electron chi connectivity index (χ4n) is 3.40. The Morgan fingerprint density at radius 3 is 1.93 bits per heavy atom.